The largest absolute Gasteiger partial charge is 0.329 e. The predicted octanol–water partition coefficient (Wildman–Crippen LogP) is 0.216. The quantitative estimate of drug-likeness (QED) is 0.802. The lowest BCUT2D eigenvalue weighted by atomic mass is 9.99. The maximum absolute atomic E-state index is 12.2. The molecule has 1 fully saturated rings. The van der Waals surface area contributed by atoms with Crippen molar-refractivity contribution < 1.29 is 8.42 Å². The molecule has 0 amide bonds. The van der Waals surface area contributed by atoms with Gasteiger partial charge in [-0.2, -0.15) is 5.10 Å². The van der Waals surface area contributed by atoms with Gasteiger partial charge in [0.2, 0.25) is 0 Å². The monoisotopic (exact) mass is 272 g/mol. The zero-order valence-electron chi connectivity index (χ0n) is 10.5. The van der Waals surface area contributed by atoms with Gasteiger partial charge in [-0.3, -0.25) is 4.68 Å². The van der Waals surface area contributed by atoms with Crippen LogP contribution in [0.4, 0.5) is 0 Å². The van der Waals surface area contributed by atoms with E-state index in [0.29, 0.717) is 12.5 Å². The van der Waals surface area contributed by atoms with Crippen LogP contribution >= 0.6 is 0 Å². The first-order valence-corrected chi connectivity index (χ1v) is 7.73. The molecule has 0 bridgehead atoms. The standard InChI is InChI=1S/C11H20N4O2S/c1-15-11(6-7-13-15)18(16,17)14-10(8-12)9-4-2-3-5-9/h6-7,9-10,14H,2-5,8,12H2,1H3. The third-order valence-electron chi connectivity index (χ3n) is 3.58. The van der Waals surface area contributed by atoms with Crippen molar-refractivity contribution in [3.8, 4) is 0 Å². The maximum atomic E-state index is 12.2. The second kappa shape index (κ2) is 5.38. The summed E-state index contributed by atoms with van der Waals surface area (Å²) < 4.78 is 28.5. The number of nitrogens with zero attached hydrogens (tertiary/aromatic N) is 2. The molecule has 2 rings (SSSR count). The van der Waals surface area contributed by atoms with E-state index >= 15 is 0 Å². The van der Waals surface area contributed by atoms with Gasteiger partial charge in [0, 0.05) is 19.6 Å². The van der Waals surface area contributed by atoms with Crippen LogP contribution in [0.5, 0.6) is 0 Å². The van der Waals surface area contributed by atoms with E-state index in [0.717, 1.165) is 25.7 Å². The molecule has 1 aliphatic rings. The number of sulfonamides is 1. The highest BCUT2D eigenvalue weighted by Crippen LogP contribution is 2.28. The highest BCUT2D eigenvalue weighted by Gasteiger charge is 2.29. The zero-order valence-corrected chi connectivity index (χ0v) is 11.4. The molecule has 6 nitrogen and oxygen atoms in total. The van der Waals surface area contributed by atoms with Crippen LogP contribution in [0.3, 0.4) is 0 Å². The van der Waals surface area contributed by atoms with Crippen molar-refractivity contribution in [2.45, 2.75) is 36.8 Å². The molecule has 7 heteroatoms. The minimum Gasteiger partial charge on any atom is -0.329 e. The molecule has 1 saturated carbocycles. The highest BCUT2D eigenvalue weighted by atomic mass is 32.2. The first-order chi connectivity index (χ1) is 8.54. The summed E-state index contributed by atoms with van der Waals surface area (Å²) in [6, 6.07) is 1.32. The van der Waals surface area contributed by atoms with Gasteiger partial charge >= 0.3 is 0 Å². The van der Waals surface area contributed by atoms with Crippen LogP contribution in [0, 0.1) is 5.92 Å². The Morgan fingerprint density at radius 1 is 1.56 bits per heavy atom. The lowest BCUT2D eigenvalue weighted by Crippen LogP contribution is -2.44. The second-order valence-electron chi connectivity index (χ2n) is 4.80. The molecular formula is C11H20N4O2S. The molecule has 0 aliphatic heterocycles. The normalized spacial score (nSPS) is 19.2. The van der Waals surface area contributed by atoms with Crippen LogP contribution < -0.4 is 10.5 Å². The van der Waals surface area contributed by atoms with Gasteiger partial charge < -0.3 is 5.73 Å². The Morgan fingerprint density at radius 2 is 2.22 bits per heavy atom. The molecule has 1 aromatic rings. The Bertz CT molecular complexity index is 491. The summed E-state index contributed by atoms with van der Waals surface area (Å²) in [5, 5.41) is 4.06. The van der Waals surface area contributed by atoms with Gasteiger partial charge in [-0.05, 0) is 24.8 Å². The molecule has 0 spiro atoms. The number of nitrogens with one attached hydrogen (secondary N) is 1. The van der Waals surface area contributed by atoms with Crippen LogP contribution in [0.2, 0.25) is 0 Å². The molecule has 1 unspecified atom stereocenters. The molecule has 102 valence electrons. The second-order valence-corrected chi connectivity index (χ2v) is 6.46. The Labute approximate surface area is 108 Å². The van der Waals surface area contributed by atoms with Crippen LogP contribution in [-0.4, -0.2) is 30.8 Å². The van der Waals surface area contributed by atoms with Crippen LogP contribution in [-0.2, 0) is 17.1 Å². The van der Waals surface area contributed by atoms with E-state index in [1.165, 1.54) is 16.9 Å². The fraction of sp³-hybridized carbons (Fsp3) is 0.727. The number of aryl methyl sites for hydroxylation is 1. The van der Waals surface area contributed by atoms with Crippen molar-refractivity contribution >= 4 is 10.0 Å². The summed E-state index contributed by atoms with van der Waals surface area (Å²) in [7, 11) is -1.91. The van der Waals surface area contributed by atoms with Crippen molar-refractivity contribution in [1.29, 1.82) is 0 Å². The molecule has 1 heterocycles. The van der Waals surface area contributed by atoms with Crippen LogP contribution in [0.15, 0.2) is 17.3 Å². The third-order valence-corrected chi connectivity index (χ3v) is 5.14. The SMILES string of the molecule is Cn1nccc1S(=O)(=O)NC(CN)C1CCCC1. The van der Waals surface area contributed by atoms with E-state index in [2.05, 4.69) is 9.82 Å². The molecular weight excluding hydrogens is 252 g/mol. The van der Waals surface area contributed by atoms with E-state index in [-0.39, 0.29) is 11.1 Å². The molecule has 3 N–H and O–H groups in total. The van der Waals surface area contributed by atoms with Crippen LogP contribution in [0.25, 0.3) is 0 Å². The van der Waals surface area contributed by atoms with E-state index < -0.39 is 10.0 Å². The number of nitrogens with two attached hydrogens (primary N) is 1. The lowest BCUT2D eigenvalue weighted by Gasteiger charge is -2.22. The van der Waals surface area contributed by atoms with E-state index in [4.69, 9.17) is 5.73 Å². The summed E-state index contributed by atoms with van der Waals surface area (Å²) in [6.45, 7) is 0.335. The number of hydrogen-bond acceptors (Lipinski definition) is 4. The fourth-order valence-corrected chi connectivity index (χ4v) is 4.02. The average molecular weight is 272 g/mol. The lowest BCUT2D eigenvalue weighted by molar-refractivity contribution is 0.404. The highest BCUT2D eigenvalue weighted by molar-refractivity contribution is 7.89. The van der Waals surface area contributed by atoms with Crippen molar-refractivity contribution in [3.63, 3.8) is 0 Å². The van der Waals surface area contributed by atoms with E-state index in [1.807, 2.05) is 0 Å². The van der Waals surface area contributed by atoms with Crippen LogP contribution in [0.1, 0.15) is 25.7 Å². The average Bonchev–Trinajstić information content (AvgIpc) is 2.96. The topological polar surface area (TPSA) is 90.0 Å². The third kappa shape index (κ3) is 2.73. The van der Waals surface area contributed by atoms with Crippen molar-refractivity contribution in [2.75, 3.05) is 6.54 Å². The number of hydrogen-bond donors (Lipinski definition) is 2. The van der Waals surface area contributed by atoms with Gasteiger partial charge in [0.15, 0.2) is 5.03 Å². The fourth-order valence-electron chi connectivity index (χ4n) is 2.58. The molecule has 1 aliphatic carbocycles. The Morgan fingerprint density at radius 3 is 2.72 bits per heavy atom. The van der Waals surface area contributed by atoms with E-state index in [1.54, 1.807) is 7.05 Å². The van der Waals surface area contributed by atoms with Gasteiger partial charge in [-0.25, -0.2) is 13.1 Å². The first-order valence-electron chi connectivity index (χ1n) is 6.25. The maximum Gasteiger partial charge on any atom is 0.258 e. The summed E-state index contributed by atoms with van der Waals surface area (Å²) in [4.78, 5) is 0. The van der Waals surface area contributed by atoms with Crippen molar-refractivity contribution in [3.05, 3.63) is 12.3 Å². The molecule has 1 atom stereocenters. The Balaban J connectivity index is 2.13. The minimum absolute atomic E-state index is 0.174. The van der Waals surface area contributed by atoms with E-state index in [9.17, 15) is 8.42 Å². The van der Waals surface area contributed by atoms with Gasteiger partial charge in [0.25, 0.3) is 10.0 Å². The Hall–Kier alpha value is -0.920. The zero-order chi connectivity index (χ0) is 13.2. The van der Waals surface area contributed by atoms with Gasteiger partial charge in [-0.15, -0.1) is 0 Å². The first kappa shape index (κ1) is 13.5. The minimum atomic E-state index is -3.53. The smallest absolute Gasteiger partial charge is 0.258 e. The summed E-state index contributed by atoms with van der Waals surface area (Å²) in [5.74, 6) is 0.359. The van der Waals surface area contributed by atoms with Gasteiger partial charge in [0.05, 0.1) is 6.20 Å². The number of aromatic nitrogens is 2. The summed E-state index contributed by atoms with van der Waals surface area (Å²) in [5.41, 5.74) is 5.70. The van der Waals surface area contributed by atoms with Gasteiger partial charge in [-0.1, -0.05) is 12.8 Å². The summed E-state index contributed by atoms with van der Waals surface area (Å²) >= 11 is 0. The summed E-state index contributed by atoms with van der Waals surface area (Å²) in [6.07, 6.45) is 5.90. The van der Waals surface area contributed by atoms with Crippen molar-refractivity contribution in [2.24, 2.45) is 18.7 Å². The number of rotatable bonds is 5. The molecule has 0 radical (unpaired) electrons. The van der Waals surface area contributed by atoms with Gasteiger partial charge in [0.1, 0.15) is 0 Å². The molecule has 1 aromatic heterocycles. The predicted molar refractivity (Wildman–Crippen MR) is 68.3 cm³/mol. The van der Waals surface area contributed by atoms with Crippen molar-refractivity contribution in [1.82, 2.24) is 14.5 Å². The molecule has 0 aromatic carbocycles. The Kier molecular flexibility index (Phi) is 4.04. The molecule has 0 saturated heterocycles. The molecule has 18 heavy (non-hydrogen) atoms.